The van der Waals surface area contributed by atoms with E-state index in [-0.39, 0.29) is 6.04 Å². The van der Waals surface area contributed by atoms with Crippen molar-refractivity contribution in [3.8, 4) is 0 Å². The summed E-state index contributed by atoms with van der Waals surface area (Å²) < 4.78 is 3.53. The SMILES string of the molecule is C[C@H](CCC(N)Cc1ccccc1)NSc1ccc2cnccc2c1. The predicted molar refractivity (Wildman–Crippen MR) is 108 cm³/mol. The van der Waals surface area contributed by atoms with Crippen molar-refractivity contribution in [1.29, 1.82) is 0 Å². The first-order chi connectivity index (χ1) is 12.2. The van der Waals surface area contributed by atoms with Crippen LogP contribution in [0, 0.1) is 0 Å². The Morgan fingerprint density at radius 1 is 1.04 bits per heavy atom. The van der Waals surface area contributed by atoms with Crippen molar-refractivity contribution in [2.45, 2.75) is 43.2 Å². The molecule has 1 aromatic heterocycles. The van der Waals surface area contributed by atoms with Gasteiger partial charge >= 0.3 is 0 Å². The molecule has 0 saturated heterocycles. The number of aromatic nitrogens is 1. The lowest BCUT2D eigenvalue weighted by Gasteiger charge is -2.17. The summed E-state index contributed by atoms with van der Waals surface area (Å²) in [5, 5.41) is 2.39. The van der Waals surface area contributed by atoms with Gasteiger partial charge in [-0.25, -0.2) is 0 Å². The summed E-state index contributed by atoms with van der Waals surface area (Å²) in [6, 6.07) is 19.6. The van der Waals surface area contributed by atoms with Gasteiger partial charge in [0.1, 0.15) is 0 Å². The van der Waals surface area contributed by atoms with Gasteiger partial charge in [0, 0.05) is 34.8 Å². The maximum absolute atomic E-state index is 6.28. The lowest BCUT2D eigenvalue weighted by Crippen LogP contribution is -2.27. The van der Waals surface area contributed by atoms with E-state index < -0.39 is 0 Å². The number of hydrogen-bond donors (Lipinski definition) is 2. The summed E-state index contributed by atoms with van der Waals surface area (Å²) in [4.78, 5) is 5.37. The second kappa shape index (κ2) is 8.99. The van der Waals surface area contributed by atoms with E-state index in [1.165, 1.54) is 21.2 Å². The van der Waals surface area contributed by atoms with Crippen molar-refractivity contribution in [3.63, 3.8) is 0 Å². The van der Waals surface area contributed by atoms with Gasteiger partial charge < -0.3 is 5.73 Å². The zero-order valence-corrected chi connectivity index (χ0v) is 15.4. The van der Waals surface area contributed by atoms with Gasteiger partial charge in [-0.05, 0) is 67.3 Å². The Morgan fingerprint density at radius 2 is 1.88 bits per heavy atom. The van der Waals surface area contributed by atoms with E-state index in [9.17, 15) is 0 Å². The van der Waals surface area contributed by atoms with E-state index in [2.05, 4.69) is 59.1 Å². The van der Waals surface area contributed by atoms with E-state index in [1.54, 1.807) is 11.9 Å². The minimum absolute atomic E-state index is 0.213. The Kier molecular flexibility index (Phi) is 6.45. The van der Waals surface area contributed by atoms with Gasteiger partial charge in [-0.3, -0.25) is 9.71 Å². The van der Waals surface area contributed by atoms with Crippen LogP contribution in [-0.4, -0.2) is 17.1 Å². The highest BCUT2D eigenvalue weighted by atomic mass is 32.2. The fraction of sp³-hybridized carbons (Fsp3) is 0.286. The summed E-state index contributed by atoms with van der Waals surface area (Å²) in [6.45, 7) is 2.22. The summed E-state index contributed by atoms with van der Waals surface area (Å²) >= 11 is 1.69. The molecule has 3 N–H and O–H groups in total. The van der Waals surface area contributed by atoms with E-state index in [1.807, 2.05) is 24.5 Å². The van der Waals surface area contributed by atoms with Crippen LogP contribution in [0.4, 0.5) is 0 Å². The number of hydrogen-bond acceptors (Lipinski definition) is 4. The van der Waals surface area contributed by atoms with Crippen molar-refractivity contribution >= 4 is 22.7 Å². The number of nitrogens with one attached hydrogen (secondary N) is 1. The molecule has 3 rings (SSSR count). The van der Waals surface area contributed by atoms with Crippen molar-refractivity contribution in [2.75, 3.05) is 0 Å². The molecule has 0 fully saturated rings. The first kappa shape index (κ1) is 17.9. The lowest BCUT2D eigenvalue weighted by atomic mass is 10.0. The second-order valence-corrected chi connectivity index (χ2v) is 7.44. The molecule has 0 amide bonds. The molecule has 2 atom stereocenters. The van der Waals surface area contributed by atoms with Gasteiger partial charge in [-0.2, -0.15) is 0 Å². The molecule has 0 spiro atoms. The number of fused-ring (bicyclic) bond motifs is 1. The molecule has 0 aliphatic heterocycles. The minimum atomic E-state index is 0.213. The fourth-order valence-electron chi connectivity index (χ4n) is 2.84. The van der Waals surface area contributed by atoms with Crippen LogP contribution in [0.25, 0.3) is 10.8 Å². The average molecular weight is 352 g/mol. The second-order valence-electron chi connectivity index (χ2n) is 6.53. The molecule has 0 bridgehead atoms. The molecule has 0 saturated carbocycles. The molecule has 3 nitrogen and oxygen atoms in total. The van der Waals surface area contributed by atoms with Crippen LogP contribution < -0.4 is 10.5 Å². The van der Waals surface area contributed by atoms with Crippen LogP contribution in [0.15, 0.2) is 71.9 Å². The van der Waals surface area contributed by atoms with Gasteiger partial charge in [0.15, 0.2) is 0 Å². The van der Waals surface area contributed by atoms with E-state index in [0.29, 0.717) is 6.04 Å². The molecule has 4 heteroatoms. The number of rotatable bonds is 8. The third-order valence-corrected chi connectivity index (χ3v) is 5.31. The molecule has 0 aliphatic rings. The normalized spacial score (nSPS) is 13.7. The Balaban J connectivity index is 1.43. The van der Waals surface area contributed by atoms with Gasteiger partial charge in [0.25, 0.3) is 0 Å². The fourth-order valence-corrected chi connectivity index (χ4v) is 3.61. The summed E-state index contributed by atoms with van der Waals surface area (Å²) in [6.07, 6.45) is 6.76. The van der Waals surface area contributed by atoms with Crippen LogP contribution in [0.3, 0.4) is 0 Å². The molecule has 130 valence electrons. The number of nitrogens with zero attached hydrogens (tertiary/aromatic N) is 1. The highest BCUT2D eigenvalue weighted by Gasteiger charge is 2.08. The molecule has 1 unspecified atom stereocenters. The molecule has 1 heterocycles. The third-order valence-electron chi connectivity index (χ3n) is 4.30. The minimum Gasteiger partial charge on any atom is -0.327 e. The largest absolute Gasteiger partial charge is 0.327 e. The first-order valence-electron chi connectivity index (χ1n) is 8.76. The Hall–Kier alpha value is -1.88. The summed E-state index contributed by atoms with van der Waals surface area (Å²) in [5.41, 5.74) is 7.60. The maximum atomic E-state index is 6.28. The standard InChI is InChI=1S/C21H25N3S/c1-16(7-9-20(22)13-17-5-3-2-4-6-17)24-25-21-10-8-19-15-23-12-11-18(19)14-21/h2-6,8,10-12,14-16,20,24H,7,9,13,22H2,1H3/t16-,20?/m1/s1. The van der Waals surface area contributed by atoms with Crippen molar-refractivity contribution in [3.05, 3.63) is 72.6 Å². The first-order valence-corrected chi connectivity index (χ1v) is 9.58. The highest BCUT2D eigenvalue weighted by Crippen LogP contribution is 2.22. The quantitative estimate of drug-likeness (QED) is 0.584. The van der Waals surface area contributed by atoms with E-state index in [4.69, 9.17) is 5.73 Å². The van der Waals surface area contributed by atoms with Gasteiger partial charge in [0.05, 0.1) is 0 Å². The molecule has 2 aromatic carbocycles. The number of benzene rings is 2. The summed E-state index contributed by atoms with van der Waals surface area (Å²) in [7, 11) is 0. The van der Waals surface area contributed by atoms with E-state index >= 15 is 0 Å². The van der Waals surface area contributed by atoms with Crippen LogP contribution >= 0.6 is 11.9 Å². The predicted octanol–water partition coefficient (Wildman–Crippen LogP) is 4.57. The molecule has 0 radical (unpaired) electrons. The van der Waals surface area contributed by atoms with E-state index in [0.717, 1.165) is 19.3 Å². The lowest BCUT2D eigenvalue weighted by molar-refractivity contribution is 0.521. The van der Waals surface area contributed by atoms with Crippen LogP contribution in [0.1, 0.15) is 25.3 Å². The Labute approximate surface area is 154 Å². The van der Waals surface area contributed by atoms with Crippen molar-refractivity contribution in [1.82, 2.24) is 9.71 Å². The van der Waals surface area contributed by atoms with Crippen LogP contribution in [0.5, 0.6) is 0 Å². The van der Waals surface area contributed by atoms with Crippen molar-refractivity contribution in [2.24, 2.45) is 5.73 Å². The molecule has 0 aliphatic carbocycles. The Morgan fingerprint density at radius 3 is 2.72 bits per heavy atom. The average Bonchev–Trinajstić information content (AvgIpc) is 2.65. The van der Waals surface area contributed by atoms with Crippen LogP contribution in [-0.2, 0) is 6.42 Å². The monoisotopic (exact) mass is 351 g/mol. The van der Waals surface area contributed by atoms with Crippen molar-refractivity contribution < 1.29 is 0 Å². The number of nitrogens with two attached hydrogens (primary N) is 1. The smallest absolute Gasteiger partial charge is 0.0346 e. The zero-order valence-electron chi connectivity index (χ0n) is 14.6. The molecular formula is C21H25N3S. The number of pyridine rings is 1. The van der Waals surface area contributed by atoms with Crippen LogP contribution in [0.2, 0.25) is 0 Å². The highest BCUT2D eigenvalue weighted by molar-refractivity contribution is 7.97. The summed E-state index contributed by atoms with van der Waals surface area (Å²) in [5.74, 6) is 0. The third kappa shape index (κ3) is 5.56. The topological polar surface area (TPSA) is 50.9 Å². The van der Waals surface area contributed by atoms with Gasteiger partial charge in [0.2, 0.25) is 0 Å². The Bertz CT molecular complexity index is 791. The maximum Gasteiger partial charge on any atom is 0.0346 e. The molecule has 25 heavy (non-hydrogen) atoms. The molecule has 3 aromatic rings. The molecular weight excluding hydrogens is 326 g/mol. The van der Waals surface area contributed by atoms with Gasteiger partial charge in [-0.1, -0.05) is 36.4 Å². The zero-order chi connectivity index (χ0) is 17.5. The van der Waals surface area contributed by atoms with Gasteiger partial charge in [-0.15, -0.1) is 0 Å².